The first-order valence-electron chi connectivity index (χ1n) is 6.46. The van der Waals surface area contributed by atoms with Crippen LogP contribution >= 0.6 is 11.6 Å². The molecule has 0 saturated heterocycles. The molecule has 0 bridgehead atoms. The Hall–Kier alpha value is -2.21. The van der Waals surface area contributed by atoms with Crippen LogP contribution < -0.4 is 4.74 Å². The smallest absolute Gasteiger partial charge is 0.311 e. The van der Waals surface area contributed by atoms with Gasteiger partial charge in [0.15, 0.2) is 0 Å². The van der Waals surface area contributed by atoms with Crippen LogP contribution in [0.2, 0.25) is 5.15 Å². The van der Waals surface area contributed by atoms with Crippen LogP contribution in [0, 0.1) is 17.0 Å². The van der Waals surface area contributed by atoms with Gasteiger partial charge in [0.05, 0.1) is 4.92 Å². The number of benzene rings is 1. The molecule has 21 heavy (non-hydrogen) atoms. The number of hydrogen-bond acceptors (Lipinski definition) is 5. The zero-order chi connectivity index (χ0) is 15.4. The van der Waals surface area contributed by atoms with E-state index in [-0.39, 0.29) is 22.5 Å². The number of hydrogen-bond donors (Lipinski definition) is 0. The van der Waals surface area contributed by atoms with Gasteiger partial charge in [-0.15, -0.1) is 0 Å². The Bertz CT molecular complexity index is 677. The molecule has 0 aliphatic rings. The molecule has 110 valence electrons. The van der Waals surface area contributed by atoms with Gasteiger partial charge >= 0.3 is 5.69 Å². The van der Waals surface area contributed by atoms with Crippen molar-refractivity contribution in [1.29, 1.82) is 0 Å². The standard InChI is InChI=1S/C14H14ClN3O3/c1-3-5-12-16-11(15)8-13(17-12)21-14-9(2)6-4-7-10(14)18(19)20/h4,6-8H,3,5H2,1-2H3. The third kappa shape index (κ3) is 3.66. The molecule has 1 aromatic heterocycles. The van der Waals surface area contributed by atoms with Crippen LogP contribution in [0.5, 0.6) is 11.6 Å². The third-order valence-electron chi connectivity index (χ3n) is 2.79. The summed E-state index contributed by atoms with van der Waals surface area (Å²) in [6.07, 6.45) is 1.52. The van der Waals surface area contributed by atoms with Crippen LogP contribution in [0.15, 0.2) is 24.3 Å². The van der Waals surface area contributed by atoms with E-state index in [0.717, 1.165) is 6.42 Å². The van der Waals surface area contributed by atoms with Crippen molar-refractivity contribution in [1.82, 2.24) is 9.97 Å². The number of ether oxygens (including phenoxy) is 1. The third-order valence-corrected chi connectivity index (χ3v) is 2.98. The molecule has 0 aliphatic heterocycles. The predicted octanol–water partition coefficient (Wildman–Crippen LogP) is 4.09. The van der Waals surface area contributed by atoms with Gasteiger partial charge in [0.25, 0.3) is 0 Å². The second kappa shape index (κ2) is 6.49. The minimum atomic E-state index is -0.488. The van der Waals surface area contributed by atoms with Crippen LogP contribution in [-0.2, 0) is 6.42 Å². The highest BCUT2D eigenvalue weighted by molar-refractivity contribution is 6.29. The summed E-state index contributed by atoms with van der Waals surface area (Å²) in [6, 6.07) is 6.17. The zero-order valence-corrected chi connectivity index (χ0v) is 12.4. The molecule has 6 nitrogen and oxygen atoms in total. The molecule has 0 spiro atoms. The Morgan fingerprint density at radius 2 is 2.14 bits per heavy atom. The van der Waals surface area contributed by atoms with E-state index in [9.17, 15) is 10.1 Å². The lowest BCUT2D eigenvalue weighted by Crippen LogP contribution is -2.00. The van der Waals surface area contributed by atoms with Crippen molar-refractivity contribution in [3.8, 4) is 11.6 Å². The normalized spacial score (nSPS) is 10.4. The predicted molar refractivity (Wildman–Crippen MR) is 78.9 cm³/mol. The lowest BCUT2D eigenvalue weighted by Gasteiger charge is -2.09. The Morgan fingerprint density at radius 3 is 2.81 bits per heavy atom. The second-order valence-electron chi connectivity index (χ2n) is 4.48. The monoisotopic (exact) mass is 307 g/mol. The fraction of sp³-hybridized carbons (Fsp3) is 0.286. The van der Waals surface area contributed by atoms with E-state index in [1.807, 2.05) is 6.92 Å². The highest BCUT2D eigenvalue weighted by Crippen LogP contribution is 2.34. The molecule has 0 atom stereocenters. The van der Waals surface area contributed by atoms with Crippen LogP contribution in [-0.4, -0.2) is 14.9 Å². The molecule has 1 heterocycles. The zero-order valence-electron chi connectivity index (χ0n) is 11.7. The molecule has 0 unspecified atom stereocenters. The fourth-order valence-electron chi connectivity index (χ4n) is 1.85. The minimum absolute atomic E-state index is 0.109. The maximum atomic E-state index is 11.1. The Morgan fingerprint density at radius 1 is 1.38 bits per heavy atom. The largest absolute Gasteiger partial charge is 0.431 e. The molecule has 2 rings (SSSR count). The first-order chi connectivity index (χ1) is 10.0. The topological polar surface area (TPSA) is 78.2 Å². The number of nitro groups is 1. The fourth-order valence-corrected chi connectivity index (χ4v) is 2.04. The van der Waals surface area contributed by atoms with Crippen molar-refractivity contribution in [2.75, 3.05) is 0 Å². The summed E-state index contributed by atoms with van der Waals surface area (Å²) in [7, 11) is 0. The van der Waals surface area contributed by atoms with Crippen molar-refractivity contribution >= 4 is 17.3 Å². The second-order valence-corrected chi connectivity index (χ2v) is 4.86. The number of rotatable bonds is 5. The first-order valence-corrected chi connectivity index (χ1v) is 6.84. The minimum Gasteiger partial charge on any atom is -0.431 e. The number of nitro benzene ring substituents is 1. The van der Waals surface area contributed by atoms with E-state index < -0.39 is 4.92 Å². The lowest BCUT2D eigenvalue weighted by atomic mass is 10.2. The molecule has 1 aromatic carbocycles. The molecule has 0 aliphatic carbocycles. The molecule has 7 heteroatoms. The van der Waals surface area contributed by atoms with Crippen LogP contribution in [0.3, 0.4) is 0 Å². The van der Waals surface area contributed by atoms with E-state index in [1.54, 1.807) is 19.1 Å². The summed E-state index contributed by atoms with van der Waals surface area (Å²) in [5.41, 5.74) is 0.540. The van der Waals surface area contributed by atoms with Crippen molar-refractivity contribution in [3.63, 3.8) is 0 Å². The summed E-state index contributed by atoms with van der Waals surface area (Å²) >= 11 is 5.93. The SMILES string of the molecule is CCCc1nc(Cl)cc(Oc2c(C)cccc2[N+](=O)[O-])n1. The molecular weight excluding hydrogens is 294 g/mol. The molecule has 0 radical (unpaired) electrons. The number of para-hydroxylation sites is 1. The van der Waals surface area contributed by atoms with Crippen molar-refractivity contribution < 1.29 is 9.66 Å². The van der Waals surface area contributed by atoms with Crippen molar-refractivity contribution in [2.45, 2.75) is 26.7 Å². The van der Waals surface area contributed by atoms with E-state index in [2.05, 4.69) is 9.97 Å². The average Bonchev–Trinajstić information content (AvgIpc) is 2.40. The van der Waals surface area contributed by atoms with Gasteiger partial charge in [-0.2, -0.15) is 4.98 Å². The van der Waals surface area contributed by atoms with Gasteiger partial charge in [-0.05, 0) is 18.9 Å². The number of aryl methyl sites for hydroxylation is 2. The lowest BCUT2D eigenvalue weighted by molar-refractivity contribution is -0.385. The Balaban J connectivity index is 2.40. The highest BCUT2D eigenvalue weighted by atomic mass is 35.5. The van der Waals surface area contributed by atoms with Gasteiger partial charge in [-0.3, -0.25) is 10.1 Å². The first kappa shape index (κ1) is 15.2. The number of halogens is 1. The van der Waals surface area contributed by atoms with Crippen LogP contribution in [0.1, 0.15) is 24.7 Å². The molecule has 0 amide bonds. The summed E-state index contributed by atoms with van der Waals surface area (Å²) in [4.78, 5) is 18.9. The molecule has 0 saturated carbocycles. The molecule has 0 fully saturated rings. The van der Waals surface area contributed by atoms with E-state index in [0.29, 0.717) is 17.8 Å². The van der Waals surface area contributed by atoms with E-state index in [4.69, 9.17) is 16.3 Å². The Kier molecular flexibility index (Phi) is 4.70. The van der Waals surface area contributed by atoms with Crippen molar-refractivity contribution in [3.05, 3.63) is 50.9 Å². The maximum absolute atomic E-state index is 11.1. The number of aromatic nitrogens is 2. The van der Waals surface area contributed by atoms with Gasteiger partial charge in [0.1, 0.15) is 11.0 Å². The summed E-state index contributed by atoms with van der Waals surface area (Å²) in [5, 5.41) is 11.3. The highest BCUT2D eigenvalue weighted by Gasteiger charge is 2.18. The molecule has 2 aromatic rings. The maximum Gasteiger partial charge on any atom is 0.311 e. The van der Waals surface area contributed by atoms with Gasteiger partial charge < -0.3 is 4.74 Å². The summed E-state index contributed by atoms with van der Waals surface area (Å²) < 4.78 is 5.59. The van der Waals surface area contributed by atoms with Crippen LogP contribution in [0.4, 0.5) is 5.69 Å². The van der Waals surface area contributed by atoms with Gasteiger partial charge in [0, 0.05) is 18.6 Å². The van der Waals surface area contributed by atoms with Gasteiger partial charge in [0.2, 0.25) is 11.6 Å². The quantitative estimate of drug-likeness (QED) is 0.472. The van der Waals surface area contributed by atoms with Gasteiger partial charge in [-0.1, -0.05) is 30.7 Å². The molecular formula is C14H14ClN3O3. The van der Waals surface area contributed by atoms with E-state index >= 15 is 0 Å². The van der Waals surface area contributed by atoms with Gasteiger partial charge in [-0.25, -0.2) is 4.98 Å². The molecule has 0 N–H and O–H groups in total. The number of nitrogens with zero attached hydrogens (tertiary/aromatic N) is 3. The Labute approximate surface area is 126 Å². The summed E-state index contributed by atoms with van der Waals surface area (Å²) in [6.45, 7) is 3.73. The van der Waals surface area contributed by atoms with E-state index in [1.165, 1.54) is 12.1 Å². The van der Waals surface area contributed by atoms with Crippen molar-refractivity contribution in [2.24, 2.45) is 0 Å². The van der Waals surface area contributed by atoms with Crippen LogP contribution in [0.25, 0.3) is 0 Å². The average molecular weight is 308 g/mol. The summed E-state index contributed by atoms with van der Waals surface area (Å²) in [5.74, 6) is 0.923.